The summed E-state index contributed by atoms with van der Waals surface area (Å²) in [5, 5.41) is 20.8. The number of nitriles is 1. The Morgan fingerprint density at radius 2 is 1.94 bits per heavy atom. The van der Waals surface area contributed by atoms with Gasteiger partial charge in [0.1, 0.15) is 5.75 Å². The van der Waals surface area contributed by atoms with Crippen molar-refractivity contribution < 1.29 is 14.4 Å². The quantitative estimate of drug-likeness (QED) is 0.206. The molecule has 0 radical (unpaired) electrons. The third-order valence-corrected chi connectivity index (χ3v) is 4.10. The summed E-state index contributed by atoms with van der Waals surface area (Å²) in [6.45, 7) is 0. The molecule has 0 aliphatic carbocycles. The zero-order valence-corrected chi connectivity index (χ0v) is 17.6. The minimum absolute atomic E-state index is 0.144. The number of rotatable bonds is 7. The number of aromatic nitrogens is 2. The van der Waals surface area contributed by atoms with Crippen LogP contribution in [0.15, 0.2) is 47.5 Å². The van der Waals surface area contributed by atoms with Crippen LogP contribution in [0.25, 0.3) is 0 Å². The molecule has 0 atom stereocenters. The molecule has 13 heteroatoms. The number of nitro groups is 1. The van der Waals surface area contributed by atoms with E-state index in [4.69, 9.17) is 26.7 Å². The van der Waals surface area contributed by atoms with Gasteiger partial charge in [-0.15, -0.1) is 0 Å². The Hall–Kier alpha value is -5.12. The van der Waals surface area contributed by atoms with E-state index in [0.717, 1.165) is 0 Å². The van der Waals surface area contributed by atoms with Crippen LogP contribution in [0.4, 0.5) is 22.9 Å². The predicted octanol–water partition coefficient (Wildman–Crippen LogP) is 2.39. The minimum atomic E-state index is -0.767. The molecule has 13 nitrogen and oxygen atoms in total. The van der Waals surface area contributed by atoms with Gasteiger partial charge < -0.3 is 31.6 Å². The van der Waals surface area contributed by atoms with Gasteiger partial charge in [-0.2, -0.15) is 15.2 Å². The fourth-order valence-electron chi connectivity index (χ4n) is 2.73. The van der Waals surface area contributed by atoms with Gasteiger partial charge in [0.05, 0.1) is 27.9 Å². The van der Waals surface area contributed by atoms with Crippen molar-refractivity contribution in [2.24, 2.45) is 16.5 Å². The summed E-state index contributed by atoms with van der Waals surface area (Å²) in [5.74, 6) is -0.669. The third kappa shape index (κ3) is 5.33. The van der Waals surface area contributed by atoms with Crippen molar-refractivity contribution in [3.63, 3.8) is 0 Å². The van der Waals surface area contributed by atoms with Crippen LogP contribution in [0.2, 0.25) is 0 Å². The molecule has 0 aliphatic rings. The Morgan fingerprint density at radius 1 is 1.18 bits per heavy atom. The van der Waals surface area contributed by atoms with E-state index in [1.54, 1.807) is 49.3 Å². The highest BCUT2D eigenvalue weighted by molar-refractivity contribution is 5.79. The molecule has 0 bridgehead atoms. The first-order valence-corrected chi connectivity index (χ1v) is 9.26. The maximum absolute atomic E-state index is 11.6. The summed E-state index contributed by atoms with van der Waals surface area (Å²) < 4.78 is 11.3. The van der Waals surface area contributed by atoms with E-state index in [2.05, 4.69) is 15.0 Å². The number of anilines is 2. The molecule has 0 saturated heterocycles. The van der Waals surface area contributed by atoms with Gasteiger partial charge in [-0.3, -0.25) is 10.1 Å². The highest BCUT2D eigenvalue weighted by atomic mass is 16.6. The largest absolute Gasteiger partial charge is 0.431 e. The SMILES string of the molecule is CN(C)c1ccc(C#N)cc1Oc1nc(Oc2cccc(N=C(N)N)c2)nc(N)c1[N+](=O)[O-]. The number of nitrogens with two attached hydrogens (primary N) is 3. The highest BCUT2D eigenvalue weighted by Crippen LogP contribution is 2.39. The van der Waals surface area contributed by atoms with E-state index < -0.39 is 22.3 Å². The third-order valence-electron chi connectivity index (χ3n) is 4.10. The van der Waals surface area contributed by atoms with Crippen molar-refractivity contribution >= 4 is 28.8 Å². The second-order valence-electron chi connectivity index (χ2n) is 6.73. The molecular weight excluding hydrogens is 430 g/mol. The van der Waals surface area contributed by atoms with Crippen LogP contribution >= 0.6 is 0 Å². The summed E-state index contributed by atoms with van der Waals surface area (Å²) in [6.07, 6.45) is 0. The summed E-state index contributed by atoms with van der Waals surface area (Å²) in [6, 6.07) is 12.7. The van der Waals surface area contributed by atoms with Crippen molar-refractivity contribution in [1.82, 2.24) is 9.97 Å². The van der Waals surface area contributed by atoms with Crippen molar-refractivity contribution in [2.75, 3.05) is 24.7 Å². The van der Waals surface area contributed by atoms with Crippen LogP contribution in [0.5, 0.6) is 23.4 Å². The molecule has 1 aromatic heterocycles. The molecule has 0 amide bonds. The maximum Gasteiger partial charge on any atom is 0.373 e. The molecule has 0 aliphatic heterocycles. The molecule has 1 heterocycles. The molecule has 0 fully saturated rings. The first kappa shape index (κ1) is 22.6. The van der Waals surface area contributed by atoms with E-state index in [9.17, 15) is 15.4 Å². The summed E-state index contributed by atoms with van der Waals surface area (Å²) in [5.41, 5.74) is 17.2. The van der Waals surface area contributed by atoms with Crippen LogP contribution in [0.1, 0.15) is 5.56 Å². The van der Waals surface area contributed by atoms with Crippen molar-refractivity contribution in [1.29, 1.82) is 5.26 Å². The smallest absolute Gasteiger partial charge is 0.373 e. The first-order chi connectivity index (χ1) is 15.7. The second kappa shape index (κ2) is 9.35. The number of nitrogen functional groups attached to an aromatic ring is 1. The van der Waals surface area contributed by atoms with Crippen molar-refractivity contribution in [3.8, 4) is 29.5 Å². The average Bonchev–Trinajstić information content (AvgIpc) is 2.72. The standard InChI is InChI=1S/C20H19N9O4/c1-28(2)14-7-6-11(10-21)8-15(14)33-18-16(29(30)31)17(22)26-20(27-18)32-13-5-3-4-12(9-13)25-19(23)24/h3-9H,1-2H3,(H2,22,26,27)(H4,23,24,25). The lowest BCUT2D eigenvalue weighted by Gasteiger charge is -2.17. The number of nitrogens with zero attached hydrogens (tertiary/aromatic N) is 6. The zero-order valence-electron chi connectivity index (χ0n) is 17.6. The van der Waals surface area contributed by atoms with Crippen LogP contribution in [-0.2, 0) is 0 Å². The monoisotopic (exact) mass is 449 g/mol. The summed E-state index contributed by atoms with van der Waals surface area (Å²) >= 11 is 0. The van der Waals surface area contributed by atoms with Gasteiger partial charge in [0, 0.05) is 26.2 Å². The molecule has 3 rings (SSSR count). The number of hydrogen-bond acceptors (Lipinski definition) is 10. The summed E-state index contributed by atoms with van der Waals surface area (Å²) in [7, 11) is 3.49. The molecule has 0 unspecified atom stereocenters. The predicted molar refractivity (Wildman–Crippen MR) is 121 cm³/mol. The van der Waals surface area contributed by atoms with Crippen molar-refractivity contribution in [3.05, 3.63) is 58.1 Å². The van der Waals surface area contributed by atoms with E-state index >= 15 is 0 Å². The lowest BCUT2D eigenvalue weighted by molar-refractivity contribution is -0.385. The van der Waals surface area contributed by atoms with Crippen LogP contribution in [-0.4, -0.2) is 34.9 Å². The average molecular weight is 449 g/mol. The van der Waals surface area contributed by atoms with Gasteiger partial charge in [0.25, 0.3) is 0 Å². The topological polar surface area (TPSA) is 205 Å². The van der Waals surface area contributed by atoms with E-state index in [1.807, 2.05) is 6.07 Å². The fraction of sp³-hybridized carbons (Fsp3) is 0.100. The molecule has 3 aromatic rings. The lowest BCUT2D eigenvalue weighted by atomic mass is 10.2. The number of hydrogen-bond donors (Lipinski definition) is 3. The van der Waals surface area contributed by atoms with E-state index in [-0.39, 0.29) is 29.0 Å². The normalized spacial score (nSPS) is 10.1. The number of guanidine groups is 1. The molecule has 0 saturated carbocycles. The highest BCUT2D eigenvalue weighted by Gasteiger charge is 2.27. The van der Waals surface area contributed by atoms with Gasteiger partial charge in [-0.1, -0.05) is 6.07 Å². The zero-order chi connectivity index (χ0) is 24.1. The maximum atomic E-state index is 11.6. The van der Waals surface area contributed by atoms with Crippen LogP contribution in [0, 0.1) is 21.4 Å². The Bertz CT molecular complexity index is 1280. The van der Waals surface area contributed by atoms with Gasteiger partial charge in [-0.25, -0.2) is 4.99 Å². The number of ether oxygens (including phenoxy) is 2. The van der Waals surface area contributed by atoms with Gasteiger partial charge in [-0.05, 0) is 24.3 Å². The summed E-state index contributed by atoms with van der Waals surface area (Å²) in [4.78, 5) is 24.3. The molecule has 2 aromatic carbocycles. The van der Waals surface area contributed by atoms with Gasteiger partial charge in [0.15, 0.2) is 11.7 Å². The second-order valence-corrected chi connectivity index (χ2v) is 6.73. The first-order valence-electron chi connectivity index (χ1n) is 9.26. The van der Waals surface area contributed by atoms with Crippen molar-refractivity contribution in [2.45, 2.75) is 0 Å². The van der Waals surface area contributed by atoms with Gasteiger partial charge >= 0.3 is 17.6 Å². The Kier molecular flexibility index (Phi) is 6.39. The lowest BCUT2D eigenvalue weighted by Crippen LogP contribution is -2.21. The van der Waals surface area contributed by atoms with E-state index in [1.165, 1.54) is 12.1 Å². The molecule has 33 heavy (non-hydrogen) atoms. The molecule has 0 spiro atoms. The molecule has 6 N–H and O–H groups in total. The number of benzene rings is 2. The van der Waals surface area contributed by atoms with E-state index in [0.29, 0.717) is 11.4 Å². The molecule has 168 valence electrons. The Morgan fingerprint density at radius 3 is 2.58 bits per heavy atom. The van der Waals surface area contributed by atoms with Crippen LogP contribution in [0.3, 0.4) is 0 Å². The Labute approximate surface area is 187 Å². The fourth-order valence-corrected chi connectivity index (χ4v) is 2.73. The minimum Gasteiger partial charge on any atom is -0.431 e. The van der Waals surface area contributed by atoms with Gasteiger partial charge in [0.2, 0.25) is 5.82 Å². The Balaban J connectivity index is 2.05. The molecular formula is C20H19N9O4. The van der Waals surface area contributed by atoms with Crippen LogP contribution < -0.4 is 31.6 Å². The number of aliphatic imine (C=N–C) groups is 1.